The smallest absolute Gasteiger partial charge is 0.191 e. The Bertz CT molecular complexity index is 703. The monoisotopic (exact) mass is 473 g/mol. The number of ether oxygens (including phenoxy) is 2. The Kier molecular flexibility index (Phi) is 9.85. The molecule has 1 aromatic carbocycles. The molecule has 0 spiro atoms. The lowest BCUT2D eigenvalue weighted by atomic mass is 10.2. The summed E-state index contributed by atoms with van der Waals surface area (Å²) >= 11 is 0. The molecule has 0 saturated carbocycles. The summed E-state index contributed by atoms with van der Waals surface area (Å²) in [4.78, 5) is 4.63. The molecule has 8 heteroatoms. The predicted molar refractivity (Wildman–Crippen MR) is 114 cm³/mol. The molecule has 0 amide bonds. The summed E-state index contributed by atoms with van der Waals surface area (Å²) in [6, 6.07) is 7.86. The molecule has 0 aliphatic rings. The summed E-state index contributed by atoms with van der Waals surface area (Å²) in [5, 5.41) is 10.7. The van der Waals surface area contributed by atoms with E-state index in [0.717, 1.165) is 35.3 Å². The van der Waals surface area contributed by atoms with E-state index in [1.54, 1.807) is 13.3 Å². The molecule has 0 bridgehead atoms. The van der Waals surface area contributed by atoms with Gasteiger partial charge in [-0.2, -0.15) is 5.10 Å². The topological polar surface area (TPSA) is 72.7 Å². The Morgan fingerprint density at radius 2 is 2.00 bits per heavy atom. The fourth-order valence-corrected chi connectivity index (χ4v) is 2.35. The molecule has 1 aromatic heterocycles. The van der Waals surface area contributed by atoms with E-state index < -0.39 is 0 Å². The Balaban J connectivity index is 0.00000338. The second kappa shape index (κ2) is 11.6. The van der Waals surface area contributed by atoms with Crippen molar-refractivity contribution in [3.05, 3.63) is 41.7 Å². The molecule has 0 aliphatic heterocycles. The zero-order valence-electron chi connectivity index (χ0n) is 15.8. The van der Waals surface area contributed by atoms with Crippen LogP contribution in [0.3, 0.4) is 0 Å². The van der Waals surface area contributed by atoms with E-state index in [0.29, 0.717) is 19.7 Å². The van der Waals surface area contributed by atoms with Gasteiger partial charge in [0, 0.05) is 19.8 Å². The van der Waals surface area contributed by atoms with Gasteiger partial charge in [0.1, 0.15) is 0 Å². The summed E-state index contributed by atoms with van der Waals surface area (Å²) in [7, 11) is 3.57. The van der Waals surface area contributed by atoms with Crippen molar-refractivity contribution in [3.8, 4) is 11.5 Å². The molecule has 7 nitrogen and oxygen atoms in total. The molecule has 2 aromatic rings. The van der Waals surface area contributed by atoms with Crippen molar-refractivity contribution in [1.29, 1.82) is 0 Å². The maximum atomic E-state index is 5.54. The Morgan fingerprint density at radius 3 is 2.62 bits per heavy atom. The van der Waals surface area contributed by atoms with Crippen LogP contribution in [0.15, 0.2) is 35.5 Å². The van der Waals surface area contributed by atoms with Crippen LogP contribution >= 0.6 is 24.0 Å². The molecule has 144 valence electrons. The first kappa shape index (κ1) is 22.1. The highest BCUT2D eigenvalue weighted by Gasteiger charge is 2.06. The van der Waals surface area contributed by atoms with Crippen molar-refractivity contribution in [3.63, 3.8) is 0 Å². The van der Waals surface area contributed by atoms with Crippen LogP contribution in [0, 0.1) is 0 Å². The van der Waals surface area contributed by atoms with Gasteiger partial charge in [0.05, 0.1) is 32.5 Å². The van der Waals surface area contributed by atoms with Crippen molar-refractivity contribution in [2.24, 2.45) is 12.0 Å². The van der Waals surface area contributed by atoms with Gasteiger partial charge < -0.3 is 20.1 Å². The minimum absolute atomic E-state index is 0. The molecule has 2 N–H and O–H groups in total. The number of guanidine groups is 1. The minimum Gasteiger partial charge on any atom is -0.493 e. The molecular formula is C18H28IN5O2. The van der Waals surface area contributed by atoms with E-state index in [2.05, 4.69) is 20.7 Å². The Hall–Kier alpha value is -1.97. The molecule has 0 saturated heterocycles. The molecule has 0 unspecified atom stereocenters. The number of methoxy groups -OCH3 is 1. The van der Waals surface area contributed by atoms with Gasteiger partial charge in [-0.1, -0.05) is 6.07 Å². The van der Waals surface area contributed by atoms with Crippen molar-refractivity contribution < 1.29 is 9.47 Å². The summed E-state index contributed by atoms with van der Waals surface area (Å²) in [6.07, 6.45) is 1.79. The maximum Gasteiger partial charge on any atom is 0.191 e. The van der Waals surface area contributed by atoms with Crippen LogP contribution in [0.5, 0.6) is 11.5 Å². The van der Waals surface area contributed by atoms with Gasteiger partial charge in [-0.15, -0.1) is 24.0 Å². The van der Waals surface area contributed by atoms with Crippen molar-refractivity contribution in [2.45, 2.75) is 26.9 Å². The van der Waals surface area contributed by atoms with Crippen molar-refractivity contribution >= 4 is 29.9 Å². The highest BCUT2D eigenvalue weighted by atomic mass is 127. The number of rotatable bonds is 8. The van der Waals surface area contributed by atoms with E-state index in [4.69, 9.17) is 9.47 Å². The lowest BCUT2D eigenvalue weighted by Crippen LogP contribution is -2.37. The summed E-state index contributed by atoms with van der Waals surface area (Å²) in [6.45, 7) is 6.61. The zero-order valence-corrected chi connectivity index (χ0v) is 18.1. The molecule has 0 atom stereocenters. The number of aromatic nitrogens is 2. The van der Waals surface area contributed by atoms with Gasteiger partial charge in [-0.25, -0.2) is 4.99 Å². The standard InChI is InChI=1S/C18H27N5O2.HI/c1-5-19-18(21-13-15-9-10-22-23(15)3)20-12-14-7-8-16(25-6-2)17(11-14)24-4;/h7-11H,5-6,12-13H2,1-4H3,(H2,19,20,21);1H. The Labute approximate surface area is 172 Å². The second-order valence-electron chi connectivity index (χ2n) is 5.41. The SMILES string of the molecule is CCNC(=NCc1ccc(OCC)c(OC)c1)NCc1ccnn1C.I. The number of halogens is 1. The molecule has 0 fully saturated rings. The maximum absolute atomic E-state index is 5.54. The lowest BCUT2D eigenvalue weighted by Gasteiger charge is -2.12. The first-order chi connectivity index (χ1) is 12.2. The first-order valence-corrected chi connectivity index (χ1v) is 8.46. The third-order valence-corrected chi connectivity index (χ3v) is 3.65. The highest BCUT2D eigenvalue weighted by molar-refractivity contribution is 14.0. The average molecular weight is 473 g/mol. The van der Waals surface area contributed by atoms with Crippen molar-refractivity contribution in [2.75, 3.05) is 20.3 Å². The van der Waals surface area contributed by atoms with Gasteiger partial charge >= 0.3 is 0 Å². The largest absolute Gasteiger partial charge is 0.493 e. The lowest BCUT2D eigenvalue weighted by molar-refractivity contribution is 0.310. The van der Waals surface area contributed by atoms with Crippen LogP contribution in [-0.2, 0) is 20.1 Å². The predicted octanol–water partition coefficient (Wildman–Crippen LogP) is 2.70. The van der Waals surface area contributed by atoms with Gasteiger partial charge in [-0.3, -0.25) is 4.68 Å². The number of hydrogen-bond donors (Lipinski definition) is 2. The van der Waals surface area contributed by atoms with Crippen LogP contribution < -0.4 is 20.1 Å². The van der Waals surface area contributed by atoms with E-state index >= 15 is 0 Å². The summed E-state index contributed by atoms with van der Waals surface area (Å²) in [5.74, 6) is 2.23. The quantitative estimate of drug-likeness (QED) is 0.351. The van der Waals surface area contributed by atoms with Crippen LogP contribution in [0.4, 0.5) is 0 Å². The Morgan fingerprint density at radius 1 is 1.19 bits per heavy atom. The van der Waals surface area contributed by atoms with Crippen molar-refractivity contribution in [1.82, 2.24) is 20.4 Å². The van der Waals surface area contributed by atoms with Crippen LogP contribution in [0.2, 0.25) is 0 Å². The molecule has 26 heavy (non-hydrogen) atoms. The number of aryl methyl sites for hydroxylation is 1. The average Bonchev–Trinajstić information content (AvgIpc) is 3.03. The minimum atomic E-state index is 0. The van der Waals surface area contributed by atoms with Crippen LogP contribution in [0.1, 0.15) is 25.1 Å². The van der Waals surface area contributed by atoms with Gasteiger partial charge in [0.2, 0.25) is 0 Å². The third kappa shape index (κ3) is 6.40. The number of aliphatic imine (C=N–C) groups is 1. The van der Waals surface area contributed by atoms with E-state index in [-0.39, 0.29) is 24.0 Å². The zero-order chi connectivity index (χ0) is 18.1. The van der Waals surface area contributed by atoms with E-state index in [1.807, 2.05) is 49.8 Å². The number of hydrogen-bond acceptors (Lipinski definition) is 4. The second-order valence-corrected chi connectivity index (χ2v) is 5.41. The van der Waals surface area contributed by atoms with E-state index in [9.17, 15) is 0 Å². The molecule has 1 heterocycles. The molecule has 0 aliphatic carbocycles. The highest BCUT2D eigenvalue weighted by Crippen LogP contribution is 2.28. The number of benzene rings is 1. The van der Waals surface area contributed by atoms with E-state index in [1.165, 1.54) is 0 Å². The molecule has 0 radical (unpaired) electrons. The number of nitrogens with zero attached hydrogens (tertiary/aromatic N) is 3. The van der Waals surface area contributed by atoms with Crippen LogP contribution in [0.25, 0.3) is 0 Å². The first-order valence-electron chi connectivity index (χ1n) is 8.46. The normalized spacial score (nSPS) is 10.8. The summed E-state index contributed by atoms with van der Waals surface area (Å²) < 4.78 is 12.8. The number of nitrogens with one attached hydrogen (secondary N) is 2. The fraction of sp³-hybridized carbons (Fsp3) is 0.444. The molecular weight excluding hydrogens is 445 g/mol. The molecule has 2 rings (SSSR count). The van der Waals surface area contributed by atoms with Gasteiger partial charge in [-0.05, 0) is 37.6 Å². The van der Waals surface area contributed by atoms with Crippen LogP contribution in [-0.4, -0.2) is 36.0 Å². The van der Waals surface area contributed by atoms with Gasteiger partial charge in [0.15, 0.2) is 17.5 Å². The summed E-state index contributed by atoms with van der Waals surface area (Å²) in [5.41, 5.74) is 2.14. The van der Waals surface area contributed by atoms with Gasteiger partial charge in [0.25, 0.3) is 0 Å². The third-order valence-electron chi connectivity index (χ3n) is 3.65. The fourth-order valence-electron chi connectivity index (χ4n) is 2.35.